The van der Waals surface area contributed by atoms with E-state index < -0.39 is 12.1 Å². The van der Waals surface area contributed by atoms with Crippen molar-refractivity contribution in [1.29, 1.82) is 0 Å². The number of rotatable bonds is 55. The predicted octanol–water partition coefficient (Wildman–Crippen LogP) is 19.5. The van der Waals surface area contributed by atoms with Crippen LogP contribution in [-0.4, -0.2) is 34.9 Å². The molecule has 0 aliphatic heterocycles. The first-order chi connectivity index (χ1) is 31.7. The highest BCUT2D eigenvalue weighted by Gasteiger charge is 2.20. The smallest absolute Gasteiger partial charge is 0.220 e. The van der Waals surface area contributed by atoms with E-state index in [2.05, 4.69) is 43.5 Å². The standard InChI is InChI=1S/C60H117NO3/c1-3-5-7-9-11-13-15-17-19-21-23-25-27-28-29-30-31-32-34-35-37-39-41-43-45-47-49-51-53-55-59(63)58(57-62)61-60(64)56-54-52-50-48-46-44-42-40-38-36-33-26-24-22-20-18-16-14-12-10-8-6-4-2/h16,18,22,24,58-59,62-63H,3-15,17,19-21,23,25-57H2,1-2H3,(H,61,64)/b18-16-,24-22-. The van der Waals surface area contributed by atoms with Gasteiger partial charge in [0.25, 0.3) is 0 Å². The molecule has 0 aromatic heterocycles. The van der Waals surface area contributed by atoms with Crippen molar-refractivity contribution in [3.05, 3.63) is 24.3 Å². The average Bonchev–Trinajstić information content (AvgIpc) is 3.30. The molecule has 0 spiro atoms. The van der Waals surface area contributed by atoms with Crippen LogP contribution in [0.15, 0.2) is 24.3 Å². The summed E-state index contributed by atoms with van der Waals surface area (Å²) in [7, 11) is 0. The SMILES string of the molecule is CCCCCCC/C=C\C/C=C\CCCCCCCCCCCCCC(=O)NC(CO)C(O)CCCCCCCCCCCCCCCCCCCCCCCCCCCCCCC. The van der Waals surface area contributed by atoms with Crippen LogP contribution >= 0.6 is 0 Å². The van der Waals surface area contributed by atoms with Gasteiger partial charge in [-0.15, -0.1) is 0 Å². The molecule has 0 saturated carbocycles. The third kappa shape index (κ3) is 51.8. The summed E-state index contributed by atoms with van der Waals surface area (Å²) in [5.41, 5.74) is 0. The van der Waals surface area contributed by atoms with Crippen molar-refractivity contribution in [2.45, 2.75) is 347 Å². The van der Waals surface area contributed by atoms with Crippen molar-refractivity contribution in [3.8, 4) is 0 Å². The maximum atomic E-state index is 12.5. The van der Waals surface area contributed by atoms with Gasteiger partial charge in [-0.05, 0) is 44.9 Å². The Labute approximate surface area is 402 Å². The van der Waals surface area contributed by atoms with Gasteiger partial charge in [-0.2, -0.15) is 0 Å². The highest BCUT2D eigenvalue weighted by Crippen LogP contribution is 2.18. The zero-order valence-electron chi connectivity index (χ0n) is 43.8. The molecule has 3 N–H and O–H groups in total. The Bertz CT molecular complexity index is 932. The fourth-order valence-electron chi connectivity index (χ4n) is 9.45. The Morgan fingerprint density at radius 3 is 0.938 bits per heavy atom. The number of carbonyl (C=O) groups excluding carboxylic acids is 1. The summed E-state index contributed by atoms with van der Waals surface area (Å²) < 4.78 is 0. The van der Waals surface area contributed by atoms with Crippen LogP contribution in [0.25, 0.3) is 0 Å². The first kappa shape index (κ1) is 62.9. The zero-order valence-corrected chi connectivity index (χ0v) is 43.8. The van der Waals surface area contributed by atoms with Gasteiger partial charge < -0.3 is 15.5 Å². The maximum Gasteiger partial charge on any atom is 0.220 e. The molecule has 0 aromatic rings. The second kappa shape index (κ2) is 56.2. The number of amides is 1. The lowest BCUT2D eigenvalue weighted by Crippen LogP contribution is -2.45. The molecule has 0 aliphatic carbocycles. The Hall–Kier alpha value is -1.13. The molecule has 0 rings (SSSR count). The number of carbonyl (C=O) groups is 1. The van der Waals surface area contributed by atoms with E-state index in [-0.39, 0.29) is 12.5 Å². The largest absolute Gasteiger partial charge is 0.394 e. The molecular weight excluding hydrogens is 783 g/mol. The van der Waals surface area contributed by atoms with Crippen molar-refractivity contribution in [1.82, 2.24) is 5.32 Å². The van der Waals surface area contributed by atoms with E-state index in [1.165, 1.54) is 276 Å². The van der Waals surface area contributed by atoms with Gasteiger partial charge in [-0.25, -0.2) is 0 Å². The number of unbranched alkanes of at least 4 members (excludes halogenated alkanes) is 44. The minimum absolute atomic E-state index is 0.0282. The molecule has 1 amide bonds. The molecule has 0 bridgehead atoms. The summed E-state index contributed by atoms with van der Waals surface area (Å²) in [5.74, 6) is -0.0282. The molecule has 4 heteroatoms. The molecule has 4 nitrogen and oxygen atoms in total. The average molecular weight is 901 g/mol. The van der Waals surface area contributed by atoms with Crippen LogP contribution in [0.1, 0.15) is 335 Å². The van der Waals surface area contributed by atoms with Gasteiger partial charge in [0.05, 0.1) is 18.8 Å². The van der Waals surface area contributed by atoms with Gasteiger partial charge in [0.15, 0.2) is 0 Å². The number of hydrogen-bond donors (Lipinski definition) is 3. The lowest BCUT2D eigenvalue weighted by molar-refractivity contribution is -0.123. The fourth-order valence-corrected chi connectivity index (χ4v) is 9.45. The van der Waals surface area contributed by atoms with Crippen molar-refractivity contribution in [2.24, 2.45) is 0 Å². The van der Waals surface area contributed by atoms with Crippen LogP contribution in [0.4, 0.5) is 0 Å². The molecule has 64 heavy (non-hydrogen) atoms. The van der Waals surface area contributed by atoms with Gasteiger partial charge in [-0.3, -0.25) is 4.79 Å². The number of hydrogen-bond acceptors (Lipinski definition) is 3. The van der Waals surface area contributed by atoms with E-state index in [0.29, 0.717) is 12.8 Å². The lowest BCUT2D eigenvalue weighted by atomic mass is 10.0. The van der Waals surface area contributed by atoms with Crippen molar-refractivity contribution in [3.63, 3.8) is 0 Å². The Morgan fingerprint density at radius 1 is 0.375 bits per heavy atom. The van der Waals surface area contributed by atoms with Gasteiger partial charge in [-0.1, -0.05) is 308 Å². The Balaban J connectivity index is 3.42. The van der Waals surface area contributed by atoms with Crippen molar-refractivity contribution >= 4 is 5.91 Å². The summed E-state index contributed by atoms with van der Waals surface area (Å²) in [6.07, 6.45) is 74.6. The van der Waals surface area contributed by atoms with Gasteiger partial charge in [0, 0.05) is 6.42 Å². The minimum atomic E-state index is -0.660. The number of aliphatic hydroxyl groups is 2. The summed E-state index contributed by atoms with van der Waals surface area (Å²) in [6, 6.07) is -0.537. The van der Waals surface area contributed by atoms with Gasteiger partial charge >= 0.3 is 0 Å². The third-order valence-corrected chi connectivity index (χ3v) is 14.0. The van der Waals surface area contributed by atoms with E-state index >= 15 is 0 Å². The molecule has 0 aromatic carbocycles. The van der Waals surface area contributed by atoms with Crippen LogP contribution in [0.3, 0.4) is 0 Å². The summed E-state index contributed by atoms with van der Waals surface area (Å²) in [6.45, 7) is 4.38. The summed E-state index contributed by atoms with van der Waals surface area (Å²) in [5, 5.41) is 23.4. The summed E-state index contributed by atoms with van der Waals surface area (Å²) >= 11 is 0. The van der Waals surface area contributed by atoms with Crippen molar-refractivity contribution < 1.29 is 15.0 Å². The van der Waals surface area contributed by atoms with E-state index in [9.17, 15) is 15.0 Å². The van der Waals surface area contributed by atoms with Gasteiger partial charge in [0.2, 0.25) is 5.91 Å². The van der Waals surface area contributed by atoms with Crippen molar-refractivity contribution in [2.75, 3.05) is 6.61 Å². The van der Waals surface area contributed by atoms with E-state index in [4.69, 9.17) is 0 Å². The number of nitrogens with one attached hydrogen (secondary N) is 1. The first-order valence-electron chi connectivity index (χ1n) is 29.5. The number of allylic oxidation sites excluding steroid dienone is 4. The predicted molar refractivity (Wildman–Crippen MR) is 286 cm³/mol. The van der Waals surface area contributed by atoms with E-state index in [0.717, 1.165) is 32.1 Å². The molecule has 0 saturated heterocycles. The molecule has 2 atom stereocenters. The normalized spacial score (nSPS) is 12.9. The minimum Gasteiger partial charge on any atom is -0.394 e. The molecule has 0 fully saturated rings. The molecular formula is C60H117NO3. The van der Waals surface area contributed by atoms with E-state index in [1.807, 2.05) is 0 Å². The topological polar surface area (TPSA) is 69.6 Å². The lowest BCUT2D eigenvalue weighted by Gasteiger charge is -2.22. The third-order valence-electron chi connectivity index (χ3n) is 14.0. The first-order valence-corrected chi connectivity index (χ1v) is 29.5. The van der Waals surface area contributed by atoms with E-state index in [1.54, 1.807) is 0 Å². The van der Waals surface area contributed by atoms with Crippen LogP contribution < -0.4 is 5.32 Å². The highest BCUT2D eigenvalue weighted by molar-refractivity contribution is 5.76. The molecule has 2 unspecified atom stereocenters. The van der Waals surface area contributed by atoms with Crippen LogP contribution in [0, 0.1) is 0 Å². The second-order valence-electron chi connectivity index (χ2n) is 20.4. The molecule has 0 heterocycles. The van der Waals surface area contributed by atoms with Gasteiger partial charge in [0.1, 0.15) is 0 Å². The van der Waals surface area contributed by atoms with Crippen LogP contribution in [0.2, 0.25) is 0 Å². The molecule has 0 radical (unpaired) electrons. The Kier molecular flexibility index (Phi) is 55.2. The highest BCUT2D eigenvalue weighted by atomic mass is 16.3. The molecule has 0 aliphatic rings. The second-order valence-corrected chi connectivity index (χ2v) is 20.4. The Morgan fingerprint density at radius 2 is 0.641 bits per heavy atom. The molecule has 380 valence electrons. The number of aliphatic hydroxyl groups excluding tert-OH is 2. The zero-order chi connectivity index (χ0) is 46.3. The van der Waals surface area contributed by atoms with Crippen LogP contribution in [-0.2, 0) is 4.79 Å². The summed E-state index contributed by atoms with van der Waals surface area (Å²) in [4.78, 5) is 12.5. The fraction of sp³-hybridized carbons (Fsp3) is 0.917. The quantitative estimate of drug-likeness (QED) is 0.0421. The van der Waals surface area contributed by atoms with Crippen LogP contribution in [0.5, 0.6) is 0 Å². The monoisotopic (exact) mass is 900 g/mol. The maximum absolute atomic E-state index is 12.5.